The molecule has 0 aliphatic carbocycles. The highest BCUT2D eigenvalue weighted by atomic mass is 16.2. The van der Waals surface area contributed by atoms with E-state index in [1.807, 2.05) is 24.3 Å². The van der Waals surface area contributed by atoms with Crippen LogP contribution in [-0.4, -0.2) is 49.4 Å². The summed E-state index contributed by atoms with van der Waals surface area (Å²) >= 11 is 0. The number of urea groups is 1. The van der Waals surface area contributed by atoms with Gasteiger partial charge in [-0.3, -0.25) is 4.79 Å². The molecule has 0 atom stereocenters. The van der Waals surface area contributed by atoms with Gasteiger partial charge in [-0.2, -0.15) is 0 Å². The summed E-state index contributed by atoms with van der Waals surface area (Å²) in [5.74, 6) is 2.46. The van der Waals surface area contributed by atoms with Crippen LogP contribution in [0.25, 0.3) is 0 Å². The number of rotatable bonds is 3. The van der Waals surface area contributed by atoms with Gasteiger partial charge in [0.15, 0.2) is 5.78 Å². The second kappa shape index (κ2) is 6.80. The van der Waals surface area contributed by atoms with Gasteiger partial charge in [0, 0.05) is 37.4 Å². The smallest absolute Gasteiger partial charge is 0.318 e. The van der Waals surface area contributed by atoms with E-state index < -0.39 is 0 Å². The minimum Gasteiger partial charge on any atom is -0.368 e. The van der Waals surface area contributed by atoms with E-state index in [0.29, 0.717) is 18.7 Å². The Labute approximate surface area is 124 Å². The fourth-order valence-corrected chi connectivity index (χ4v) is 2.31. The summed E-state index contributed by atoms with van der Waals surface area (Å²) < 4.78 is 0. The van der Waals surface area contributed by atoms with Crippen molar-refractivity contribution in [2.45, 2.75) is 6.92 Å². The zero-order valence-corrected chi connectivity index (χ0v) is 12.1. The maximum Gasteiger partial charge on any atom is 0.318 e. The van der Waals surface area contributed by atoms with Crippen molar-refractivity contribution in [2.24, 2.45) is 0 Å². The molecule has 0 bridgehead atoms. The van der Waals surface area contributed by atoms with Crippen LogP contribution in [-0.2, 0) is 0 Å². The van der Waals surface area contributed by atoms with Gasteiger partial charge < -0.3 is 15.1 Å². The minimum atomic E-state index is -0.112. The first kappa shape index (κ1) is 14.9. The number of terminal acetylenes is 1. The minimum absolute atomic E-state index is 0.0663. The summed E-state index contributed by atoms with van der Waals surface area (Å²) in [6.45, 7) is 4.66. The van der Waals surface area contributed by atoms with E-state index in [1.54, 1.807) is 11.8 Å². The average Bonchev–Trinajstić information content (AvgIpc) is 2.53. The zero-order chi connectivity index (χ0) is 15.2. The number of hydrogen-bond acceptors (Lipinski definition) is 3. The number of amides is 2. The molecule has 1 saturated heterocycles. The Hall–Kier alpha value is -2.48. The van der Waals surface area contributed by atoms with E-state index >= 15 is 0 Å². The molecule has 21 heavy (non-hydrogen) atoms. The third kappa shape index (κ3) is 3.76. The van der Waals surface area contributed by atoms with Crippen LogP contribution in [0.1, 0.15) is 17.3 Å². The molecule has 5 nitrogen and oxygen atoms in total. The summed E-state index contributed by atoms with van der Waals surface area (Å²) in [6.07, 6.45) is 5.12. The highest BCUT2D eigenvalue weighted by molar-refractivity contribution is 5.94. The SMILES string of the molecule is C#CCNC(=O)N1CCN(c2ccc(C(C)=O)cc2)CC1. The second-order valence-corrected chi connectivity index (χ2v) is 4.94. The lowest BCUT2D eigenvalue weighted by atomic mass is 10.1. The largest absolute Gasteiger partial charge is 0.368 e. The summed E-state index contributed by atoms with van der Waals surface area (Å²) in [5.41, 5.74) is 1.79. The highest BCUT2D eigenvalue weighted by Gasteiger charge is 2.20. The van der Waals surface area contributed by atoms with Crippen LogP contribution in [0.4, 0.5) is 10.5 Å². The number of nitrogens with zero attached hydrogens (tertiary/aromatic N) is 2. The van der Waals surface area contributed by atoms with Gasteiger partial charge in [0.2, 0.25) is 0 Å². The van der Waals surface area contributed by atoms with Crippen LogP contribution in [0.2, 0.25) is 0 Å². The van der Waals surface area contributed by atoms with E-state index in [9.17, 15) is 9.59 Å². The Bertz CT molecular complexity index is 552. The molecule has 0 aromatic heterocycles. The lowest BCUT2D eigenvalue weighted by molar-refractivity contribution is 0.101. The van der Waals surface area contributed by atoms with Crippen molar-refractivity contribution in [3.05, 3.63) is 29.8 Å². The van der Waals surface area contributed by atoms with Crippen LogP contribution in [0.15, 0.2) is 24.3 Å². The van der Waals surface area contributed by atoms with E-state index in [2.05, 4.69) is 16.1 Å². The molecule has 0 spiro atoms. The molecule has 2 rings (SSSR count). The quantitative estimate of drug-likeness (QED) is 0.674. The average molecular weight is 285 g/mol. The lowest BCUT2D eigenvalue weighted by Crippen LogP contribution is -2.51. The molecule has 1 heterocycles. The Morgan fingerprint density at radius 3 is 2.33 bits per heavy atom. The van der Waals surface area contributed by atoms with Crippen LogP contribution in [0.5, 0.6) is 0 Å². The predicted molar refractivity (Wildman–Crippen MR) is 82.5 cm³/mol. The summed E-state index contributed by atoms with van der Waals surface area (Å²) in [7, 11) is 0. The first-order valence-corrected chi connectivity index (χ1v) is 6.94. The van der Waals surface area contributed by atoms with Gasteiger partial charge in [0.1, 0.15) is 0 Å². The maximum absolute atomic E-state index is 11.8. The van der Waals surface area contributed by atoms with Crippen molar-refractivity contribution in [3.63, 3.8) is 0 Å². The van der Waals surface area contributed by atoms with Crippen molar-refractivity contribution in [3.8, 4) is 12.3 Å². The number of carbonyl (C=O) groups is 2. The number of hydrogen-bond donors (Lipinski definition) is 1. The number of ketones is 1. The van der Waals surface area contributed by atoms with Crippen LogP contribution in [0.3, 0.4) is 0 Å². The number of anilines is 1. The highest BCUT2D eigenvalue weighted by Crippen LogP contribution is 2.17. The van der Waals surface area contributed by atoms with Crippen molar-refractivity contribution in [1.82, 2.24) is 10.2 Å². The Kier molecular flexibility index (Phi) is 4.83. The second-order valence-electron chi connectivity index (χ2n) is 4.94. The predicted octanol–water partition coefficient (Wildman–Crippen LogP) is 1.35. The monoisotopic (exact) mass is 285 g/mol. The van der Waals surface area contributed by atoms with Gasteiger partial charge in [-0.05, 0) is 31.2 Å². The Balaban J connectivity index is 1.90. The number of Topliss-reactive ketones (excluding diaryl/α,β-unsaturated/α-hetero) is 1. The van der Waals surface area contributed by atoms with E-state index in [-0.39, 0.29) is 18.4 Å². The van der Waals surface area contributed by atoms with Crippen LogP contribution < -0.4 is 10.2 Å². The molecule has 1 N–H and O–H groups in total. The molecular formula is C16H19N3O2. The molecule has 5 heteroatoms. The number of benzene rings is 1. The van der Waals surface area contributed by atoms with Gasteiger partial charge in [-0.1, -0.05) is 5.92 Å². The zero-order valence-electron chi connectivity index (χ0n) is 12.1. The topological polar surface area (TPSA) is 52.7 Å². The van der Waals surface area contributed by atoms with Crippen LogP contribution in [0, 0.1) is 12.3 Å². The normalized spacial score (nSPS) is 14.5. The maximum atomic E-state index is 11.8. The van der Waals surface area contributed by atoms with Crippen molar-refractivity contribution < 1.29 is 9.59 Å². The summed E-state index contributed by atoms with van der Waals surface area (Å²) in [5, 5.41) is 2.67. The molecular weight excluding hydrogens is 266 g/mol. The standard InChI is InChI=1S/C16H19N3O2/c1-3-8-17-16(21)19-11-9-18(10-12-19)15-6-4-14(5-7-15)13(2)20/h1,4-7H,8-12H2,2H3,(H,17,21). The molecule has 110 valence electrons. The van der Waals surface area contributed by atoms with Crippen molar-refractivity contribution in [1.29, 1.82) is 0 Å². The first-order valence-electron chi connectivity index (χ1n) is 6.94. The molecule has 1 aliphatic rings. The summed E-state index contributed by atoms with van der Waals surface area (Å²) in [4.78, 5) is 27.0. The van der Waals surface area contributed by atoms with E-state index in [0.717, 1.165) is 18.8 Å². The van der Waals surface area contributed by atoms with Crippen molar-refractivity contribution in [2.75, 3.05) is 37.6 Å². The molecule has 1 aromatic carbocycles. The molecule has 0 unspecified atom stereocenters. The van der Waals surface area contributed by atoms with E-state index in [1.165, 1.54) is 0 Å². The van der Waals surface area contributed by atoms with Crippen LogP contribution >= 0.6 is 0 Å². The van der Waals surface area contributed by atoms with Gasteiger partial charge >= 0.3 is 6.03 Å². The molecule has 1 fully saturated rings. The van der Waals surface area contributed by atoms with Gasteiger partial charge in [-0.25, -0.2) is 4.79 Å². The fraction of sp³-hybridized carbons (Fsp3) is 0.375. The first-order chi connectivity index (χ1) is 10.1. The molecule has 2 amide bonds. The third-order valence-electron chi connectivity index (χ3n) is 3.55. The molecule has 0 radical (unpaired) electrons. The lowest BCUT2D eigenvalue weighted by Gasteiger charge is -2.36. The number of carbonyl (C=O) groups excluding carboxylic acids is 2. The molecule has 0 saturated carbocycles. The van der Waals surface area contributed by atoms with Gasteiger partial charge in [0.25, 0.3) is 0 Å². The number of piperazine rings is 1. The van der Waals surface area contributed by atoms with Gasteiger partial charge in [0.05, 0.1) is 6.54 Å². The third-order valence-corrected chi connectivity index (χ3v) is 3.55. The Morgan fingerprint density at radius 1 is 1.19 bits per heavy atom. The van der Waals surface area contributed by atoms with Gasteiger partial charge in [-0.15, -0.1) is 6.42 Å². The number of nitrogens with one attached hydrogen (secondary N) is 1. The van der Waals surface area contributed by atoms with Crippen molar-refractivity contribution >= 4 is 17.5 Å². The fourth-order valence-electron chi connectivity index (χ4n) is 2.31. The molecule has 1 aromatic rings. The molecule has 1 aliphatic heterocycles. The summed E-state index contributed by atoms with van der Waals surface area (Å²) in [6, 6.07) is 7.46. The van der Waals surface area contributed by atoms with E-state index in [4.69, 9.17) is 6.42 Å². The Morgan fingerprint density at radius 2 is 1.81 bits per heavy atom.